The lowest BCUT2D eigenvalue weighted by atomic mass is 10.2. The van der Waals surface area contributed by atoms with Crippen LogP contribution in [0.2, 0.25) is 0 Å². The molecular weight excluding hydrogens is 228 g/mol. The second-order valence-corrected chi connectivity index (χ2v) is 6.61. The zero-order valence-electron chi connectivity index (χ0n) is 12.1. The van der Waals surface area contributed by atoms with Gasteiger partial charge in [0.15, 0.2) is 0 Å². The summed E-state index contributed by atoms with van der Waals surface area (Å²) >= 11 is 0. The normalized spacial score (nSPS) is 29.9. The molecule has 0 aromatic carbocycles. The molecule has 0 aromatic heterocycles. The van der Waals surface area contributed by atoms with Crippen molar-refractivity contribution in [3.8, 4) is 0 Å². The molecule has 0 radical (unpaired) electrons. The molecule has 18 heavy (non-hydrogen) atoms. The van der Waals surface area contributed by atoms with E-state index in [1.165, 1.54) is 25.9 Å². The van der Waals surface area contributed by atoms with Gasteiger partial charge in [-0.2, -0.15) is 0 Å². The van der Waals surface area contributed by atoms with Gasteiger partial charge in [-0.05, 0) is 60.0 Å². The zero-order valence-corrected chi connectivity index (χ0v) is 12.1. The highest BCUT2D eigenvalue weighted by atomic mass is 16.6. The van der Waals surface area contributed by atoms with E-state index in [9.17, 15) is 4.79 Å². The van der Waals surface area contributed by atoms with Crippen molar-refractivity contribution in [1.82, 2.24) is 9.80 Å². The molecule has 0 saturated carbocycles. The molecule has 0 spiro atoms. The third kappa shape index (κ3) is 3.16. The van der Waals surface area contributed by atoms with E-state index in [1.54, 1.807) is 0 Å². The third-order valence-corrected chi connectivity index (χ3v) is 3.84. The maximum Gasteiger partial charge on any atom is 0.410 e. The van der Waals surface area contributed by atoms with E-state index in [2.05, 4.69) is 11.8 Å². The molecule has 2 heterocycles. The second-order valence-electron chi connectivity index (χ2n) is 6.61. The molecule has 0 N–H and O–H groups in total. The maximum absolute atomic E-state index is 12.1. The van der Waals surface area contributed by atoms with Crippen LogP contribution >= 0.6 is 0 Å². The summed E-state index contributed by atoms with van der Waals surface area (Å²) in [5, 5.41) is 0. The van der Waals surface area contributed by atoms with Gasteiger partial charge in [0.05, 0.1) is 0 Å². The molecule has 2 fully saturated rings. The molecular formula is C14H26N2O2. The molecule has 2 rings (SSSR count). The summed E-state index contributed by atoms with van der Waals surface area (Å²) in [6.07, 6.45) is 3.53. The number of hydrogen-bond donors (Lipinski definition) is 0. The van der Waals surface area contributed by atoms with Crippen LogP contribution in [0.3, 0.4) is 0 Å². The van der Waals surface area contributed by atoms with Crippen LogP contribution in [0.25, 0.3) is 0 Å². The SMILES string of the molecule is CC1CC(N2CCCC2)CN1C(=O)OC(C)(C)C. The van der Waals surface area contributed by atoms with Crippen molar-refractivity contribution in [2.75, 3.05) is 19.6 Å². The molecule has 2 atom stereocenters. The van der Waals surface area contributed by atoms with E-state index in [-0.39, 0.29) is 6.09 Å². The van der Waals surface area contributed by atoms with Crippen LogP contribution in [-0.4, -0.2) is 53.2 Å². The molecule has 0 bridgehead atoms. The van der Waals surface area contributed by atoms with E-state index < -0.39 is 5.60 Å². The number of ether oxygens (including phenoxy) is 1. The lowest BCUT2D eigenvalue weighted by molar-refractivity contribution is 0.0229. The van der Waals surface area contributed by atoms with Gasteiger partial charge in [-0.1, -0.05) is 0 Å². The van der Waals surface area contributed by atoms with Crippen molar-refractivity contribution >= 4 is 6.09 Å². The summed E-state index contributed by atoms with van der Waals surface area (Å²) in [5.41, 5.74) is -0.400. The highest BCUT2D eigenvalue weighted by Crippen LogP contribution is 2.26. The summed E-state index contributed by atoms with van der Waals surface area (Å²) in [4.78, 5) is 16.5. The van der Waals surface area contributed by atoms with Crippen molar-refractivity contribution < 1.29 is 9.53 Å². The van der Waals surface area contributed by atoms with Crippen LogP contribution < -0.4 is 0 Å². The van der Waals surface area contributed by atoms with Gasteiger partial charge in [0.25, 0.3) is 0 Å². The van der Waals surface area contributed by atoms with Crippen LogP contribution in [0.4, 0.5) is 4.79 Å². The Morgan fingerprint density at radius 3 is 2.39 bits per heavy atom. The smallest absolute Gasteiger partial charge is 0.410 e. The Labute approximate surface area is 110 Å². The van der Waals surface area contributed by atoms with Crippen LogP contribution in [-0.2, 0) is 4.74 Å². The van der Waals surface area contributed by atoms with Crippen LogP contribution in [0, 0.1) is 0 Å². The fourth-order valence-electron chi connectivity index (χ4n) is 2.95. The Morgan fingerprint density at radius 2 is 1.83 bits per heavy atom. The minimum absolute atomic E-state index is 0.156. The first-order chi connectivity index (χ1) is 8.37. The Morgan fingerprint density at radius 1 is 1.22 bits per heavy atom. The fraction of sp³-hybridized carbons (Fsp3) is 0.929. The topological polar surface area (TPSA) is 32.8 Å². The van der Waals surface area contributed by atoms with Crippen molar-refractivity contribution in [2.24, 2.45) is 0 Å². The Hall–Kier alpha value is -0.770. The average molecular weight is 254 g/mol. The molecule has 2 aliphatic rings. The van der Waals surface area contributed by atoms with Crippen molar-refractivity contribution in [3.63, 3.8) is 0 Å². The van der Waals surface area contributed by atoms with Crippen molar-refractivity contribution in [2.45, 2.75) is 64.6 Å². The number of rotatable bonds is 1. The van der Waals surface area contributed by atoms with Gasteiger partial charge in [0, 0.05) is 18.6 Å². The van der Waals surface area contributed by atoms with Gasteiger partial charge in [0.2, 0.25) is 0 Å². The number of hydrogen-bond acceptors (Lipinski definition) is 3. The van der Waals surface area contributed by atoms with Crippen LogP contribution in [0.5, 0.6) is 0 Å². The van der Waals surface area contributed by atoms with Gasteiger partial charge in [-0.3, -0.25) is 4.90 Å². The molecule has 0 aromatic rings. The van der Waals surface area contributed by atoms with E-state index in [0.717, 1.165) is 13.0 Å². The summed E-state index contributed by atoms with van der Waals surface area (Å²) in [6.45, 7) is 11.1. The summed E-state index contributed by atoms with van der Waals surface area (Å²) in [5.74, 6) is 0. The number of amides is 1. The summed E-state index contributed by atoms with van der Waals surface area (Å²) < 4.78 is 5.47. The molecule has 1 amide bonds. The van der Waals surface area contributed by atoms with Gasteiger partial charge in [0.1, 0.15) is 5.60 Å². The first-order valence-electron chi connectivity index (χ1n) is 7.10. The molecule has 2 unspecified atom stereocenters. The lowest BCUT2D eigenvalue weighted by Crippen LogP contribution is -2.40. The van der Waals surface area contributed by atoms with Gasteiger partial charge in [-0.15, -0.1) is 0 Å². The van der Waals surface area contributed by atoms with Gasteiger partial charge in [-0.25, -0.2) is 4.79 Å². The molecule has 2 aliphatic heterocycles. The van der Waals surface area contributed by atoms with E-state index in [1.807, 2.05) is 25.7 Å². The van der Waals surface area contributed by atoms with E-state index >= 15 is 0 Å². The predicted molar refractivity (Wildman–Crippen MR) is 71.6 cm³/mol. The molecule has 0 aliphatic carbocycles. The first-order valence-corrected chi connectivity index (χ1v) is 7.10. The monoisotopic (exact) mass is 254 g/mol. The molecule has 2 saturated heterocycles. The average Bonchev–Trinajstić information content (AvgIpc) is 2.82. The van der Waals surface area contributed by atoms with Gasteiger partial charge >= 0.3 is 6.09 Å². The maximum atomic E-state index is 12.1. The number of likely N-dealkylation sites (tertiary alicyclic amines) is 2. The fourth-order valence-corrected chi connectivity index (χ4v) is 2.95. The molecule has 104 valence electrons. The second kappa shape index (κ2) is 5.08. The highest BCUT2D eigenvalue weighted by Gasteiger charge is 2.38. The number of nitrogens with zero attached hydrogens (tertiary/aromatic N) is 2. The summed E-state index contributed by atoms with van der Waals surface area (Å²) in [7, 11) is 0. The first kappa shape index (κ1) is 13.7. The highest BCUT2D eigenvalue weighted by molar-refractivity contribution is 5.69. The summed E-state index contributed by atoms with van der Waals surface area (Å²) in [6, 6.07) is 0.834. The van der Waals surface area contributed by atoms with Crippen molar-refractivity contribution in [1.29, 1.82) is 0 Å². The Balaban J connectivity index is 1.92. The zero-order chi connectivity index (χ0) is 13.3. The van der Waals surface area contributed by atoms with E-state index in [4.69, 9.17) is 4.74 Å². The molecule has 4 heteroatoms. The van der Waals surface area contributed by atoms with Crippen LogP contribution in [0.15, 0.2) is 0 Å². The quantitative estimate of drug-likeness (QED) is 0.720. The largest absolute Gasteiger partial charge is 0.444 e. The minimum atomic E-state index is -0.400. The van der Waals surface area contributed by atoms with Crippen molar-refractivity contribution in [3.05, 3.63) is 0 Å². The Bertz CT molecular complexity index is 305. The number of carbonyl (C=O) groups excluding carboxylic acids is 1. The molecule has 4 nitrogen and oxygen atoms in total. The van der Waals surface area contributed by atoms with Crippen LogP contribution in [0.1, 0.15) is 47.0 Å². The standard InChI is InChI=1S/C14H26N2O2/c1-11-9-12(15-7-5-6-8-15)10-16(11)13(17)18-14(2,3)4/h11-12H,5-10H2,1-4H3. The predicted octanol–water partition coefficient (Wildman–Crippen LogP) is 2.48. The van der Waals surface area contributed by atoms with Gasteiger partial charge < -0.3 is 9.64 Å². The lowest BCUT2D eigenvalue weighted by Gasteiger charge is -2.27. The minimum Gasteiger partial charge on any atom is -0.444 e. The third-order valence-electron chi connectivity index (χ3n) is 3.84. The van der Waals surface area contributed by atoms with E-state index in [0.29, 0.717) is 12.1 Å². The Kier molecular flexibility index (Phi) is 3.85. The number of carbonyl (C=O) groups is 1.